The summed E-state index contributed by atoms with van der Waals surface area (Å²) in [7, 11) is 0. The van der Waals surface area contributed by atoms with Gasteiger partial charge in [0.05, 0.1) is 4.92 Å². The molecule has 0 spiro atoms. The first-order valence-corrected chi connectivity index (χ1v) is 6.23. The van der Waals surface area contributed by atoms with Gasteiger partial charge >= 0.3 is 11.7 Å². The van der Waals surface area contributed by atoms with Gasteiger partial charge in [0.1, 0.15) is 12.1 Å². The molecule has 1 atom stereocenters. The van der Waals surface area contributed by atoms with Crippen LogP contribution in [0.1, 0.15) is 13.8 Å². The van der Waals surface area contributed by atoms with Crippen molar-refractivity contribution < 1.29 is 19.6 Å². The van der Waals surface area contributed by atoms with Crippen LogP contribution in [0.25, 0.3) is 0 Å². The van der Waals surface area contributed by atoms with Gasteiger partial charge in [-0.15, -0.1) is 0 Å². The number of halogens is 1. The molecule has 0 radical (unpaired) electrons. The molecule has 1 rings (SSSR count). The normalized spacial score (nSPS) is 13.6. The molecule has 7 nitrogen and oxygen atoms in total. The molecular formula is C12H15ClN2O5. The van der Waals surface area contributed by atoms with Gasteiger partial charge in [0.25, 0.3) is 0 Å². The van der Waals surface area contributed by atoms with Crippen LogP contribution >= 0.6 is 11.6 Å². The number of aliphatic carboxylic acids is 1. The Balaban J connectivity index is 2.96. The number of carbonyl (C=O) groups is 1. The average Bonchev–Trinajstić information content (AvgIpc) is 2.36. The first-order valence-electron chi connectivity index (χ1n) is 5.85. The van der Waals surface area contributed by atoms with E-state index in [-0.39, 0.29) is 23.1 Å². The Morgan fingerprint density at radius 3 is 2.75 bits per heavy atom. The van der Waals surface area contributed by atoms with E-state index in [0.29, 0.717) is 6.54 Å². The molecule has 0 saturated heterocycles. The number of benzene rings is 1. The quantitative estimate of drug-likeness (QED) is 0.590. The summed E-state index contributed by atoms with van der Waals surface area (Å²) in [6.07, 6.45) is 0. The summed E-state index contributed by atoms with van der Waals surface area (Å²) in [5.74, 6) is -1.17. The van der Waals surface area contributed by atoms with E-state index in [1.807, 2.05) is 0 Å². The second kappa shape index (κ2) is 6.53. The Hall–Kier alpha value is -1.86. The van der Waals surface area contributed by atoms with E-state index in [2.05, 4.69) is 5.32 Å². The fourth-order valence-electron chi connectivity index (χ4n) is 1.56. The van der Waals surface area contributed by atoms with E-state index in [9.17, 15) is 20.0 Å². The number of likely N-dealkylation sites (N-methyl/N-ethyl adjacent to an activating group) is 1. The lowest BCUT2D eigenvalue weighted by Gasteiger charge is -2.25. The number of hydrogen-bond donors (Lipinski definition) is 2. The Bertz CT molecular complexity index is 523. The lowest BCUT2D eigenvalue weighted by atomic mass is 10.0. The van der Waals surface area contributed by atoms with Crippen molar-refractivity contribution in [1.29, 1.82) is 0 Å². The molecule has 8 heteroatoms. The molecule has 0 fully saturated rings. The molecule has 0 amide bonds. The monoisotopic (exact) mass is 302 g/mol. The Kier molecular flexibility index (Phi) is 5.29. The van der Waals surface area contributed by atoms with E-state index in [1.54, 1.807) is 6.92 Å². The van der Waals surface area contributed by atoms with Crippen LogP contribution in [0.15, 0.2) is 18.2 Å². The maximum atomic E-state index is 11.2. The van der Waals surface area contributed by atoms with Gasteiger partial charge in [-0.25, -0.2) is 0 Å². The predicted molar refractivity (Wildman–Crippen MR) is 73.3 cm³/mol. The molecule has 0 aromatic heterocycles. The molecule has 1 aromatic rings. The molecule has 0 heterocycles. The summed E-state index contributed by atoms with van der Waals surface area (Å²) < 4.78 is 5.29. The van der Waals surface area contributed by atoms with Crippen LogP contribution in [-0.2, 0) is 4.79 Å². The van der Waals surface area contributed by atoms with Crippen LogP contribution in [0.2, 0.25) is 5.02 Å². The van der Waals surface area contributed by atoms with Crippen LogP contribution in [0, 0.1) is 10.1 Å². The fourth-order valence-corrected chi connectivity index (χ4v) is 1.72. The van der Waals surface area contributed by atoms with Crippen LogP contribution in [0.3, 0.4) is 0 Å². The molecule has 0 aliphatic rings. The minimum absolute atomic E-state index is 0.0621. The van der Waals surface area contributed by atoms with Crippen molar-refractivity contribution in [3.8, 4) is 5.75 Å². The Morgan fingerprint density at radius 2 is 2.25 bits per heavy atom. The van der Waals surface area contributed by atoms with Gasteiger partial charge in [-0.1, -0.05) is 18.5 Å². The standard InChI is InChI=1S/C12H15ClN2O5/c1-3-14-12(2,11(16)17)7-20-10-6-8(13)4-5-9(10)15(18)19/h4-6,14H,3,7H2,1-2H3,(H,16,17). The Morgan fingerprint density at radius 1 is 1.60 bits per heavy atom. The summed E-state index contributed by atoms with van der Waals surface area (Å²) in [6, 6.07) is 3.87. The molecule has 110 valence electrons. The molecule has 1 unspecified atom stereocenters. The summed E-state index contributed by atoms with van der Waals surface area (Å²) >= 11 is 5.76. The van der Waals surface area contributed by atoms with Crippen LogP contribution in [-0.4, -0.2) is 34.7 Å². The summed E-state index contributed by atoms with van der Waals surface area (Å²) in [5, 5.41) is 23.1. The molecular weight excluding hydrogens is 288 g/mol. The number of ether oxygens (including phenoxy) is 1. The number of carboxylic acids is 1. The van der Waals surface area contributed by atoms with Gasteiger partial charge < -0.3 is 9.84 Å². The third-order valence-corrected chi connectivity index (χ3v) is 2.91. The van der Waals surface area contributed by atoms with E-state index < -0.39 is 16.4 Å². The predicted octanol–water partition coefficient (Wildman–Crippen LogP) is 2.08. The van der Waals surface area contributed by atoms with Crippen molar-refractivity contribution in [3.05, 3.63) is 33.3 Å². The minimum Gasteiger partial charge on any atom is -0.484 e. The third kappa shape index (κ3) is 3.82. The first-order chi connectivity index (χ1) is 9.30. The number of nitro benzene ring substituents is 1. The lowest BCUT2D eigenvalue weighted by molar-refractivity contribution is -0.385. The maximum absolute atomic E-state index is 11.2. The zero-order valence-corrected chi connectivity index (χ0v) is 11.8. The largest absolute Gasteiger partial charge is 0.484 e. The fraction of sp³-hybridized carbons (Fsp3) is 0.417. The van der Waals surface area contributed by atoms with Crippen molar-refractivity contribution in [2.75, 3.05) is 13.2 Å². The van der Waals surface area contributed by atoms with Crippen molar-refractivity contribution in [3.63, 3.8) is 0 Å². The second-order valence-corrected chi connectivity index (χ2v) is 4.76. The third-order valence-electron chi connectivity index (χ3n) is 2.67. The maximum Gasteiger partial charge on any atom is 0.327 e. The van der Waals surface area contributed by atoms with Crippen molar-refractivity contribution in [1.82, 2.24) is 5.32 Å². The highest BCUT2D eigenvalue weighted by Crippen LogP contribution is 2.30. The van der Waals surface area contributed by atoms with E-state index in [4.69, 9.17) is 16.3 Å². The number of hydrogen-bond acceptors (Lipinski definition) is 5. The topological polar surface area (TPSA) is 102 Å². The van der Waals surface area contributed by atoms with Gasteiger partial charge in [-0.2, -0.15) is 0 Å². The SMILES string of the molecule is CCNC(C)(COc1cc(Cl)ccc1[N+](=O)[O-])C(=O)O. The van der Waals surface area contributed by atoms with E-state index >= 15 is 0 Å². The molecule has 0 bridgehead atoms. The molecule has 0 aliphatic heterocycles. The number of nitro groups is 1. The molecule has 0 saturated carbocycles. The first kappa shape index (κ1) is 16.2. The summed E-state index contributed by atoms with van der Waals surface area (Å²) in [6.45, 7) is 3.35. The van der Waals surface area contributed by atoms with Crippen LogP contribution < -0.4 is 10.1 Å². The smallest absolute Gasteiger partial charge is 0.327 e. The number of rotatable bonds is 7. The highest BCUT2D eigenvalue weighted by atomic mass is 35.5. The highest BCUT2D eigenvalue weighted by molar-refractivity contribution is 6.30. The van der Waals surface area contributed by atoms with Crippen molar-refractivity contribution in [2.45, 2.75) is 19.4 Å². The van der Waals surface area contributed by atoms with Gasteiger partial charge in [-0.3, -0.25) is 20.2 Å². The molecule has 0 aliphatic carbocycles. The van der Waals surface area contributed by atoms with Gasteiger partial charge in [0.2, 0.25) is 0 Å². The van der Waals surface area contributed by atoms with Crippen LogP contribution in [0.5, 0.6) is 5.75 Å². The molecule has 2 N–H and O–H groups in total. The van der Waals surface area contributed by atoms with Crippen LogP contribution in [0.4, 0.5) is 5.69 Å². The second-order valence-electron chi connectivity index (χ2n) is 4.33. The zero-order chi connectivity index (χ0) is 15.3. The summed E-state index contributed by atoms with van der Waals surface area (Å²) in [4.78, 5) is 21.5. The number of nitrogens with zero attached hydrogens (tertiary/aromatic N) is 1. The average molecular weight is 303 g/mol. The number of nitrogens with one attached hydrogen (secondary N) is 1. The zero-order valence-electron chi connectivity index (χ0n) is 11.1. The van der Waals surface area contributed by atoms with Crippen molar-refractivity contribution in [2.24, 2.45) is 0 Å². The van der Waals surface area contributed by atoms with E-state index in [1.165, 1.54) is 25.1 Å². The molecule has 1 aromatic carbocycles. The van der Waals surface area contributed by atoms with Gasteiger partial charge in [0.15, 0.2) is 5.75 Å². The number of carboxylic acid groups (broad SMARTS) is 1. The highest BCUT2D eigenvalue weighted by Gasteiger charge is 2.34. The lowest BCUT2D eigenvalue weighted by Crippen LogP contribution is -2.53. The molecule has 20 heavy (non-hydrogen) atoms. The summed E-state index contributed by atoms with van der Waals surface area (Å²) in [5.41, 5.74) is -1.61. The minimum atomic E-state index is -1.34. The Labute approximate surface area is 120 Å². The van der Waals surface area contributed by atoms with Crippen molar-refractivity contribution >= 4 is 23.3 Å². The van der Waals surface area contributed by atoms with Gasteiger partial charge in [0, 0.05) is 17.2 Å². The van der Waals surface area contributed by atoms with Gasteiger partial charge in [-0.05, 0) is 19.5 Å². The van der Waals surface area contributed by atoms with E-state index in [0.717, 1.165) is 0 Å².